The van der Waals surface area contributed by atoms with Crippen molar-refractivity contribution in [3.05, 3.63) is 47.8 Å². The first-order valence-electron chi connectivity index (χ1n) is 12.7. The van der Waals surface area contributed by atoms with Gasteiger partial charge < -0.3 is 24.4 Å². The lowest BCUT2D eigenvalue weighted by Crippen LogP contribution is -2.38. The van der Waals surface area contributed by atoms with Crippen molar-refractivity contribution in [3.63, 3.8) is 0 Å². The Hall–Kier alpha value is -2.96. The van der Waals surface area contributed by atoms with Crippen LogP contribution in [0.3, 0.4) is 0 Å². The predicted molar refractivity (Wildman–Crippen MR) is 136 cm³/mol. The fraction of sp³-hybridized carbons (Fsp3) is 0.536. The first kappa shape index (κ1) is 25.1. The summed E-state index contributed by atoms with van der Waals surface area (Å²) in [5.74, 6) is 1.04. The molecule has 0 aromatic heterocycles. The fourth-order valence-corrected chi connectivity index (χ4v) is 5.33. The zero-order chi connectivity index (χ0) is 24.9. The van der Waals surface area contributed by atoms with Crippen LogP contribution in [0.25, 0.3) is 0 Å². The molecule has 1 N–H and O–H groups in total. The minimum atomic E-state index is -0.752. The average Bonchev–Trinajstić information content (AvgIpc) is 3.27. The van der Waals surface area contributed by atoms with Gasteiger partial charge in [-0.15, -0.1) is 0 Å². The zero-order valence-corrected chi connectivity index (χ0v) is 21.0. The van der Waals surface area contributed by atoms with Gasteiger partial charge in [0.1, 0.15) is 23.4 Å². The largest absolute Gasteiger partial charge is 0.496 e. The van der Waals surface area contributed by atoms with Crippen LogP contribution in [-0.2, 0) is 11.2 Å². The summed E-state index contributed by atoms with van der Waals surface area (Å²) >= 11 is 0. The van der Waals surface area contributed by atoms with E-state index in [9.17, 15) is 9.18 Å². The summed E-state index contributed by atoms with van der Waals surface area (Å²) < 4.78 is 26.7. The molecule has 190 valence electrons. The van der Waals surface area contributed by atoms with Crippen molar-refractivity contribution in [3.8, 4) is 11.5 Å². The number of hydrogen-bond acceptors (Lipinski definition) is 5. The molecule has 0 bridgehead atoms. The highest BCUT2D eigenvalue weighted by molar-refractivity contribution is 5.69. The molecule has 1 unspecified atom stereocenters. The molecule has 4 rings (SSSR count). The van der Waals surface area contributed by atoms with Gasteiger partial charge in [-0.3, -0.25) is 4.79 Å². The number of nitrogens with zero attached hydrogens (tertiary/aromatic N) is 2. The van der Waals surface area contributed by atoms with Gasteiger partial charge >= 0.3 is 5.97 Å². The standard InChI is InChI=1S/C28H37FN2O4/c1-19(2)15-20-16-25(29)26(18-27(20)34-3)30-13-10-24(11-14-30)35-23-8-6-21(7-9-23)31-12-4-5-22(31)17-28(32)33/h6-9,16,18-19,22,24H,4-5,10-15,17H2,1-3H3,(H,32,33). The van der Waals surface area contributed by atoms with Crippen LogP contribution in [-0.4, -0.2) is 50.0 Å². The lowest BCUT2D eigenvalue weighted by Gasteiger charge is -2.34. The highest BCUT2D eigenvalue weighted by Gasteiger charge is 2.27. The third-order valence-electron chi connectivity index (χ3n) is 7.02. The number of ether oxygens (including phenoxy) is 2. The molecule has 0 aliphatic carbocycles. The third-order valence-corrected chi connectivity index (χ3v) is 7.02. The van der Waals surface area contributed by atoms with Crippen LogP contribution in [0.4, 0.5) is 15.8 Å². The number of carboxylic acids is 1. The first-order valence-corrected chi connectivity index (χ1v) is 12.7. The van der Waals surface area contributed by atoms with E-state index in [0.29, 0.717) is 11.6 Å². The number of rotatable bonds is 9. The Bertz CT molecular complexity index is 1000. The van der Waals surface area contributed by atoms with Gasteiger partial charge in [0.25, 0.3) is 0 Å². The van der Waals surface area contributed by atoms with E-state index in [2.05, 4.69) is 23.6 Å². The van der Waals surface area contributed by atoms with Crippen LogP contribution in [0.1, 0.15) is 51.5 Å². The second-order valence-electron chi connectivity index (χ2n) is 10.1. The second-order valence-corrected chi connectivity index (χ2v) is 10.1. The van der Waals surface area contributed by atoms with E-state index in [-0.39, 0.29) is 24.4 Å². The van der Waals surface area contributed by atoms with Crippen LogP contribution >= 0.6 is 0 Å². The SMILES string of the molecule is COc1cc(N2CCC(Oc3ccc(N4CCCC4CC(=O)O)cc3)CC2)c(F)cc1CC(C)C. The lowest BCUT2D eigenvalue weighted by molar-refractivity contribution is -0.137. The number of benzene rings is 2. The van der Waals surface area contributed by atoms with E-state index in [4.69, 9.17) is 14.6 Å². The summed E-state index contributed by atoms with van der Waals surface area (Å²) in [6, 6.07) is 11.5. The molecule has 0 spiro atoms. The van der Waals surface area contributed by atoms with Crippen LogP contribution in [0.5, 0.6) is 11.5 Å². The Labute approximate surface area is 207 Å². The van der Waals surface area contributed by atoms with Crippen molar-refractivity contribution in [2.24, 2.45) is 5.92 Å². The van der Waals surface area contributed by atoms with Gasteiger partial charge in [-0.25, -0.2) is 4.39 Å². The smallest absolute Gasteiger partial charge is 0.305 e. The van der Waals surface area contributed by atoms with Gasteiger partial charge in [-0.1, -0.05) is 13.8 Å². The fourth-order valence-electron chi connectivity index (χ4n) is 5.33. The van der Waals surface area contributed by atoms with Gasteiger partial charge in [0.2, 0.25) is 0 Å². The number of piperidine rings is 1. The normalized spacial score (nSPS) is 18.8. The van der Waals surface area contributed by atoms with Crippen LogP contribution < -0.4 is 19.3 Å². The number of carboxylic acid groups (broad SMARTS) is 1. The van der Waals surface area contributed by atoms with Crippen molar-refractivity contribution in [2.45, 2.75) is 64.5 Å². The molecule has 1 atom stereocenters. The Balaban J connectivity index is 1.34. The monoisotopic (exact) mass is 484 g/mol. The maximum atomic E-state index is 14.9. The molecule has 2 fully saturated rings. The van der Waals surface area contributed by atoms with E-state index in [1.165, 1.54) is 0 Å². The highest BCUT2D eigenvalue weighted by Crippen LogP contribution is 2.33. The Morgan fingerprint density at radius 2 is 1.83 bits per heavy atom. The molecule has 6 nitrogen and oxygen atoms in total. The number of anilines is 2. The molecule has 2 aromatic rings. The second kappa shape index (κ2) is 11.2. The molecule has 7 heteroatoms. The molecule has 0 amide bonds. The first-order chi connectivity index (χ1) is 16.8. The quantitative estimate of drug-likeness (QED) is 0.505. The van der Waals surface area contributed by atoms with Crippen molar-refractivity contribution in [1.82, 2.24) is 0 Å². The Morgan fingerprint density at radius 3 is 2.46 bits per heavy atom. The molecular weight excluding hydrogens is 447 g/mol. The molecule has 0 saturated carbocycles. The third kappa shape index (κ3) is 6.19. The summed E-state index contributed by atoms with van der Waals surface area (Å²) in [5.41, 5.74) is 2.55. The van der Waals surface area contributed by atoms with Crippen molar-refractivity contribution >= 4 is 17.3 Å². The molecule has 2 saturated heterocycles. The molecular formula is C28H37FN2O4. The van der Waals surface area contributed by atoms with E-state index in [1.54, 1.807) is 13.2 Å². The minimum absolute atomic E-state index is 0.0575. The summed E-state index contributed by atoms with van der Waals surface area (Å²) in [6.07, 6.45) is 4.58. The van der Waals surface area contributed by atoms with Crippen LogP contribution in [0.15, 0.2) is 36.4 Å². The molecule has 35 heavy (non-hydrogen) atoms. The molecule has 2 aromatic carbocycles. The van der Waals surface area contributed by atoms with Crippen LogP contribution in [0, 0.1) is 11.7 Å². The minimum Gasteiger partial charge on any atom is -0.496 e. The van der Waals surface area contributed by atoms with Crippen molar-refractivity contribution < 1.29 is 23.8 Å². The number of aliphatic carboxylic acids is 1. The maximum Gasteiger partial charge on any atom is 0.305 e. The highest BCUT2D eigenvalue weighted by atomic mass is 19.1. The number of carbonyl (C=O) groups is 1. The Kier molecular flexibility index (Phi) is 8.04. The Morgan fingerprint density at radius 1 is 1.11 bits per heavy atom. The molecule has 2 heterocycles. The van der Waals surface area contributed by atoms with Gasteiger partial charge in [0.15, 0.2) is 0 Å². The van der Waals surface area contributed by atoms with Crippen molar-refractivity contribution in [2.75, 3.05) is 36.5 Å². The number of halogens is 1. The lowest BCUT2D eigenvalue weighted by atomic mass is 10.00. The summed E-state index contributed by atoms with van der Waals surface area (Å²) in [7, 11) is 1.64. The maximum absolute atomic E-state index is 14.9. The number of hydrogen-bond donors (Lipinski definition) is 1. The summed E-state index contributed by atoms with van der Waals surface area (Å²) in [5, 5.41) is 9.16. The van der Waals surface area contributed by atoms with E-state index in [0.717, 1.165) is 74.5 Å². The number of methoxy groups -OCH3 is 1. The average molecular weight is 485 g/mol. The van der Waals surface area contributed by atoms with E-state index < -0.39 is 5.97 Å². The van der Waals surface area contributed by atoms with Gasteiger partial charge in [-0.2, -0.15) is 0 Å². The van der Waals surface area contributed by atoms with Gasteiger partial charge in [-0.05, 0) is 61.1 Å². The topological polar surface area (TPSA) is 62.2 Å². The summed E-state index contributed by atoms with van der Waals surface area (Å²) in [6.45, 7) is 6.56. The van der Waals surface area contributed by atoms with Gasteiger partial charge in [0.05, 0.1) is 19.2 Å². The predicted octanol–water partition coefficient (Wildman–Crippen LogP) is 5.52. The molecule has 2 aliphatic heterocycles. The van der Waals surface area contributed by atoms with E-state index >= 15 is 0 Å². The zero-order valence-electron chi connectivity index (χ0n) is 21.0. The summed E-state index contributed by atoms with van der Waals surface area (Å²) in [4.78, 5) is 15.4. The molecule has 0 radical (unpaired) electrons. The van der Waals surface area contributed by atoms with Crippen LogP contribution in [0.2, 0.25) is 0 Å². The van der Waals surface area contributed by atoms with Crippen molar-refractivity contribution in [1.29, 1.82) is 0 Å². The van der Waals surface area contributed by atoms with E-state index in [1.807, 2.05) is 30.3 Å². The van der Waals surface area contributed by atoms with Gasteiger partial charge in [0, 0.05) is 50.3 Å². The molecule has 2 aliphatic rings.